The van der Waals surface area contributed by atoms with Crippen molar-refractivity contribution in [3.63, 3.8) is 0 Å². The number of aliphatic hydroxyl groups excluding tert-OH is 2. The highest BCUT2D eigenvalue weighted by Crippen LogP contribution is 2.43. The van der Waals surface area contributed by atoms with Gasteiger partial charge < -0.3 is 25.1 Å². The quantitative estimate of drug-likeness (QED) is 0.431. The molecule has 1 saturated heterocycles. The molecule has 164 valence electrons. The van der Waals surface area contributed by atoms with Crippen molar-refractivity contribution in [3.05, 3.63) is 22.8 Å². The first-order valence-corrected chi connectivity index (χ1v) is 10.1. The molecule has 1 aliphatic carbocycles. The van der Waals surface area contributed by atoms with Crippen LogP contribution in [0, 0.1) is 16.0 Å². The minimum absolute atomic E-state index is 0.325. The van der Waals surface area contributed by atoms with Crippen LogP contribution in [0.2, 0.25) is 0 Å². The Kier molecular flexibility index (Phi) is 5.47. The van der Waals surface area contributed by atoms with Gasteiger partial charge in [-0.25, -0.2) is 15.0 Å². The molecule has 3 N–H and O–H groups in total. The maximum absolute atomic E-state index is 10.9. The van der Waals surface area contributed by atoms with Gasteiger partial charge in [0.1, 0.15) is 31.2 Å². The lowest BCUT2D eigenvalue weighted by atomic mass is 9.91. The summed E-state index contributed by atoms with van der Waals surface area (Å²) in [5, 5.41) is 34.5. The molecule has 4 atom stereocenters. The van der Waals surface area contributed by atoms with Gasteiger partial charge in [0, 0.05) is 12.0 Å². The molecule has 30 heavy (non-hydrogen) atoms. The number of ether oxygens (including phenoxy) is 1. The summed E-state index contributed by atoms with van der Waals surface area (Å²) in [5.74, 6) is 0.271. The van der Waals surface area contributed by atoms with Gasteiger partial charge >= 0.3 is 0 Å². The average molecular weight is 422 g/mol. The number of imidazole rings is 1. The Morgan fingerprint density at radius 3 is 2.77 bits per heavy atom. The normalized spacial score (nSPS) is 29.7. The lowest BCUT2D eigenvalue weighted by Gasteiger charge is -2.37. The Morgan fingerprint density at radius 1 is 1.37 bits per heavy atom. The maximum Gasteiger partial charge on any atom is 0.294 e. The summed E-state index contributed by atoms with van der Waals surface area (Å²) in [6, 6.07) is 0.325. The molecule has 2 aromatic rings. The van der Waals surface area contributed by atoms with Crippen molar-refractivity contribution in [2.45, 2.75) is 69.6 Å². The summed E-state index contributed by atoms with van der Waals surface area (Å²) in [5.41, 5.74) is -0.474. The molecule has 0 unspecified atom stereocenters. The summed E-state index contributed by atoms with van der Waals surface area (Å²) in [7, 11) is 0. The fourth-order valence-electron chi connectivity index (χ4n) is 4.51. The second-order valence-corrected chi connectivity index (χ2v) is 8.15. The van der Waals surface area contributed by atoms with Crippen LogP contribution in [0.5, 0.6) is 0 Å². The van der Waals surface area contributed by atoms with Crippen LogP contribution in [0.4, 0.5) is 5.82 Å². The van der Waals surface area contributed by atoms with E-state index in [0.717, 1.165) is 12.8 Å². The molecule has 0 radical (unpaired) electrons. The van der Waals surface area contributed by atoms with E-state index in [2.05, 4.69) is 25.1 Å². The molecule has 12 nitrogen and oxygen atoms in total. The van der Waals surface area contributed by atoms with Gasteiger partial charge in [0.05, 0.1) is 6.33 Å². The van der Waals surface area contributed by atoms with Crippen LogP contribution in [-0.2, 0) is 15.3 Å². The van der Waals surface area contributed by atoms with Crippen molar-refractivity contribution in [2.75, 3.05) is 11.9 Å². The monoisotopic (exact) mass is 422 g/mol. The minimum Gasteiger partial charge on any atom is -0.387 e. The predicted molar refractivity (Wildman–Crippen MR) is 104 cm³/mol. The van der Waals surface area contributed by atoms with Crippen LogP contribution < -0.4 is 5.32 Å². The largest absolute Gasteiger partial charge is 0.387 e. The van der Waals surface area contributed by atoms with E-state index in [-0.39, 0.29) is 5.92 Å². The molecule has 0 spiro atoms. The van der Waals surface area contributed by atoms with Gasteiger partial charge in [-0.15, -0.1) is 10.1 Å². The van der Waals surface area contributed by atoms with E-state index in [0.29, 0.717) is 23.0 Å². The Morgan fingerprint density at radius 2 is 2.10 bits per heavy atom. The van der Waals surface area contributed by atoms with E-state index >= 15 is 0 Å². The molecule has 3 heterocycles. The van der Waals surface area contributed by atoms with Crippen molar-refractivity contribution in [2.24, 2.45) is 5.92 Å². The second kappa shape index (κ2) is 7.93. The number of fused-ring (bicyclic) bond motifs is 1. The van der Waals surface area contributed by atoms with Crippen LogP contribution in [0.3, 0.4) is 0 Å². The van der Waals surface area contributed by atoms with Gasteiger partial charge in [-0.1, -0.05) is 26.7 Å². The number of aromatic nitrogens is 4. The Bertz CT molecular complexity index is 916. The average Bonchev–Trinajstić information content (AvgIpc) is 3.42. The number of hydrogen-bond donors (Lipinski definition) is 3. The summed E-state index contributed by atoms with van der Waals surface area (Å²) in [6.45, 7) is 3.13. The molecule has 1 saturated carbocycles. The third-order valence-electron chi connectivity index (χ3n) is 6.05. The van der Waals surface area contributed by atoms with E-state index < -0.39 is 35.7 Å². The molecule has 4 rings (SSSR count). The van der Waals surface area contributed by atoms with Gasteiger partial charge in [-0.05, 0) is 12.8 Å². The van der Waals surface area contributed by atoms with Crippen LogP contribution in [0.25, 0.3) is 11.2 Å². The number of nitrogens with zero attached hydrogens (tertiary/aromatic N) is 5. The van der Waals surface area contributed by atoms with Crippen molar-refractivity contribution >= 4 is 17.0 Å². The summed E-state index contributed by atoms with van der Waals surface area (Å²) >= 11 is 0. The second-order valence-electron chi connectivity index (χ2n) is 8.15. The first-order valence-electron chi connectivity index (χ1n) is 10.1. The van der Waals surface area contributed by atoms with Crippen LogP contribution in [0.1, 0.15) is 39.5 Å². The van der Waals surface area contributed by atoms with Gasteiger partial charge in [0.2, 0.25) is 0 Å². The van der Waals surface area contributed by atoms with E-state index in [1.807, 2.05) is 13.8 Å². The molecule has 0 aromatic carbocycles. The highest BCUT2D eigenvalue weighted by atomic mass is 17.0. The molecule has 2 aromatic heterocycles. The van der Waals surface area contributed by atoms with E-state index in [1.165, 1.54) is 25.5 Å². The Labute approximate surface area is 172 Å². The number of nitrogens with one attached hydrogen (secondary N) is 1. The maximum atomic E-state index is 10.9. The molecular weight excluding hydrogens is 396 g/mol. The van der Waals surface area contributed by atoms with Gasteiger partial charge in [0.15, 0.2) is 22.7 Å². The number of aliphatic hydroxyl groups is 2. The highest BCUT2D eigenvalue weighted by Gasteiger charge is 2.58. The number of rotatable bonds is 7. The van der Waals surface area contributed by atoms with E-state index in [1.54, 1.807) is 4.57 Å². The van der Waals surface area contributed by atoms with Gasteiger partial charge in [-0.2, -0.15) is 0 Å². The first kappa shape index (κ1) is 20.7. The molecular formula is C18H26N6O6. The van der Waals surface area contributed by atoms with Crippen LogP contribution in [-0.4, -0.2) is 65.8 Å². The van der Waals surface area contributed by atoms with Crippen LogP contribution >= 0.6 is 0 Å². The molecule has 1 aliphatic heterocycles. The topological polar surface area (TPSA) is 158 Å². The van der Waals surface area contributed by atoms with Gasteiger partial charge in [-0.3, -0.25) is 4.57 Å². The molecule has 0 bridgehead atoms. The Hall–Kier alpha value is -2.57. The highest BCUT2D eigenvalue weighted by molar-refractivity contribution is 5.83. The SMILES string of the molecule is CC(C)[C@@]1(n2cnc3c(NC4CCCC4)ncnc32)O[C@H](CO[N+](=O)[O-])[C@@H](O)[C@H]1O. The van der Waals surface area contributed by atoms with Crippen molar-refractivity contribution in [1.29, 1.82) is 0 Å². The van der Waals surface area contributed by atoms with Crippen LogP contribution in [0.15, 0.2) is 12.7 Å². The molecule has 12 heteroatoms. The first-order chi connectivity index (χ1) is 14.3. The third kappa shape index (κ3) is 3.34. The van der Waals surface area contributed by atoms with E-state index in [9.17, 15) is 20.3 Å². The zero-order chi connectivity index (χ0) is 21.5. The van der Waals surface area contributed by atoms with Gasteiger partial charge in [0.25, 0.3) is 5.09 Å². The van der Waals surface area contributed by atoms with E-state index in [4.69, 9.17) is 4.74 Å². The standard InChI is InChI=1S/C18H26N6O6/c1-10(2)18(15(26)14(25)12(30-18)7-29-24(27)28)23-9-21-13-16(19-8-20-17(13)23)22-11-5-3-4-6-11/h8-12,14-15,25-26H,3-7H2,1-2H3,(H,19,20,22)/t12-,14-,15-,18-/m1/s1. The lowest BCUT2D eigenvalue weighted by Crippen LogP contribution is -2.49. The number of anilines is 1. The smallest absolute Gasteiger partial charge is 0.294 e. The summed E-state index contributed by atoms with van der Waals surface area (Å²) in [4.78, 5) is 28.1. The minimum atomic E-state index is -1.43. The Balaban J connectivity index is 1.72. The molecule has 2 fully saturated rings. The third-order valence-corrected chi connectivity index (χ3v) is 6.05. The molecule has 0 amide bonds. The zero-order valence-corrected chi connectivity index (χ0v) is 16.8. The predicted octanol–water partition coefficient (Wildman–Crippen LogP) is 0.818. The summed E-state index contributed by atoms with van der Waals surface area (Å²) in [6.07, 6.45) is 3.51. The fraction of sp³-hybridized carbons (Fsp3) is 0.722. The van der Waals surface area contributed by atoms with Crippen molar-refractivity contribution < 1.29 is 24.9 Å². The van der Waals surface area contributed by atoms with Crippen molar-refractivity contribution in [3.8, 4) is 0 Å². The lowest BCUT2D eigenvalue weighted by molar-refractivity contribution is -0.759. The zero-order valence-electron chi connectivity index (χ0n) is 16.8. The van der Waals surface area contributed by atoms with Crippen molar-refractivity contribution in [1.82, 2.24) is 19.5 Å². The summed E-state index contributed by atoms with van der Waals surface area (Å²) < 4.78 is 7.60. The molecule has 2 aliphatic rings. The number of hydrogen-bond acceptors (Lipinski definition) is 10. The fourth-order valence-corrected chi connectivity index (χ4v) is 4.51.